The van der Waals surface area contributed by atoms with Crippen LogP contribution in [-0.4, -0.2) is 25.0 Å². The summed E-state index contributed by atoms with van der Waals surface area (Å²) in [5.41, 5.74) is 4.16. The molecular weight excluding hydrogens is 336 g/mol. The lowest BCUT2D eigenvalue weighted by molar-refractivity contribution is -0.116. The van der Waals surface area contributed by atoms with Crippen LogP contribution in [-0.2, 0) is 11.2 Å². The number of carbonyl (C=O) groups is 1. The summed E-state index contributed by atoms with van der Waals surface area (Å²) in [6.07, 6.45) is 2.87. The van der Waals surface area contributed by atoms with Crippen molar-refractivity contribution in [2.75, 3.05) is 29.6 Å². The highest BCUT2D eigenvalue weighted by Gasteiger charge is 2.04. The number of aromatic nitrogens is 1. The van der Waals surface area contributed by atoms with Gasteiger partial charge < -0.3 is 15.5 Å². The second-order valence-corrected chi connectivity index (χ2v) is 6.53. The number of carbonyl (C=O) groups excluding carboxylic acids is 1. The van der Waals surface area contributed by atoms with Crippen molar-refractivity contribution in [3.8, 4) is 0 Å². The van der Waals surface area contributed by atoms with E-state index in [1.54, 1.807) is 12.3 Å². The van der Waals surface area contributed by atoms with Crippen LogP contribution < -0.4 is 15.5 Å². The van der Waals surface area contributed by atoms with Crippen LogP contribution in [0.25, 0.3) is 0 Å². The first-order valence-electron chi connectivity index (χ1n) is 8.94. The number of nitrogens with zero attached hydrogens (tertiary/aromatic N) is 2. The number of anilines is 4. The zero-order valence-corrected chi connectivity index (χ0v) is 15.6. The van der Waals surface area contributed by atoms with Crippen molar-refractivity contribution in [1.29, 1.82) is 0 Å². The number of benzene rings is 2. The molecule has 0 radical (unpaired) electrons. The molecule has 1 aromatic heterocycles. The Bertz CT molecular complexity index is 859. The Labute approximate surface area is 160 Å². The molecule has 0 atom stereocenters. The fourth-order valence-electron chi connectivity index (χ4n) is 2.66. The zero-order valence-electron chi connectivity index (χ0n) is 15.6. The monoisotopic (exact) mass is 360 g/mol. The Morgan fingerprint density at radius 2 is 1.63 bits per heavy atom. The van der Waals surface area contributed by atoms with Crippen LogP contribution in [0.3, 0.4) is 0 Å². The van der Waals surface area contributed by atoms with Crippen LogP contribution in [0, 0.1) is 0 Å². The Balaban J connectivity index is 1.51. The first-order chi connectivity index (χ1) is 13.1. The fourth-order valence-corrected chi connectivity index (χ4v) is 2.66. The third-order valence-electron chi connectivity index (χ3n) is 4.19. The summed E-state index contributed by atoms with van der Waals surface area (Å²) in [6.45, 7) is 0. The molecule has 5 nitrogen and oxygen atoms in total. The third-order valence-corrected chi connectivity index (χ3v) is 4.19. The molecule has 0 spiro atoms. The van der Waals surface area contributed by atoms with Crippen molar-refractivity contribution in [1.82, 2.24) is 4.98 Å². The van der Waals surface area contributed by atoms with Gasteiger partial charge in [-0.25, -0.2) is 4.98 Å². The molecular formula is C22H24N4O. The van der Waals surface area contributed by atoms with E-state index in [9.17, 15) is 4.79 Å². The molecule has 3 rings (SSSR count). The zero-order chi connectivity index (χ0) is 19.1. The molecule has 5 heteroatoms. The Morgan fingerprint density at radius 3 is 2.26 bits per heavy atom. The van der Waals surface area contributed by atoms with E-state index in [1.165, 1.54) is 0 Å². The minimum atomic E-state index is -0.0358. The van der Waals surface area contributed by atoms with Gasteiger partial charge in [0.1, 0.15) is 5.82 Å². The first kappa shape index (κ1) is 18.5. The number of hydrogen-bond acceptors (Lipinski definition) is 4. The normalized spacial score (nSPS) is 10.3. The van der Waals surface area contributed by atoms with Gasteiger partial charge in [-0.15, -0.1) is 0 Å². The van der Waals surface area contributed by atoms with Crippen molar-refractivity contribution >= 4 is 28.8 Å². The van der Waals surface area contributed by atoms with E-state index in [-0.39, 0.29) is 5.91 Å². The molecule has 2 N–H and O–H groups in total. The van der Waals surface area contributed by atoms with Gasteiger partial charge in [-0.05, 0) is 48.4 Å². The molecule has 2 aromatic carbocycles. The van der Waals surface area contributed by atoms with Crippen molar-refractivity contribution < 1.29 is 4.79 Å². The van der Waals surface area contributed by atoms with E-state index in [0.717, 1.165) is 29.0 Å². The van der Waals surface area contributed by atoms with Crippen LogP contribution in [0.5, 0.6) is 0 Å². The number of rotatable bonds is 7. The summed E-state index contributed by atoms with van der Waals surface area (Å²) in [7, 11) is 4.03. The van der Waals surface area contributed by atoms with Crippen molar-refractivity contribution in [3.63, 3.8) is 0 Å². The average molecular weight is 360 g/mol. The topological polar surface area (TPSA) is 57.3 Å². The Kier molecular flexibility index (Phi) is 6.05. The largest absolute Gasteiger partial charge is 0.378 e. The molecule has 138 valence electrons. The predicted molar refractivity (Wildman–Crippen MR) is 112 cm³/mol. The van der Waals surface area contributed by atoms with Crippen LogP contribution in [0.1, 0.15) is 12.0 Å². The smallest absolute Gasteiger partial charge is 0.225 e. The number of amides is 1. The number of hydrogen-bond donors (Lipinski definition) is 2. The van der Waals surface area contributed by atoms with Gasteiger partial charge in [-0.1, -0.05) is 30.3 Å². The molecule has 0 saturated carbocycles. The van der Waals surface area contributed by atoms with Gasteiger partial charge in [-0.3, -0.25) is 4.79 Å². The molecule has 0 unspecified atom stereocenters. The maximum absolute atomic E-state index is 12.1. The summed E-state index contributed by atoms with van der Waals surface area (Å²) in [6, 6.07) is 21.8. The highest BCUT2D eigenvalue weighted by atomic mass is 16.1. The van der Waals surface area contributed by atoms with Crippen LogP contribution in [0.4, 0.5) is 22.9 Å². The number of nitrogens with one attached hydrogen (secondary N) is 2. The summed E-state index contributed by atoms with van der Waals surface area (Å²) >= 11 is 0. The van der Waals surface area contributed by atoms with E-state index >= 15 is 0 Å². The lowest BCUT2D eigenvalue weighted by atomic mass is 10.1. The number of pyridine rings is 1. The van der Waals surface area contributed by atoms with E-state index in [2.05, 4.69) is 32.7 Å². The minimum Gasteiger partial charge on any atom is -0.378 e. The van der Waals surface area contributed by atoms with E-state index < -0.39 is 0 Å². The summed E-state index contributed by atoms with van der Waals surface area (Å²) in [4.78, 5) is 18.4. The maximum atomic E-state index is 12.1. The van der Waals surface area contributed by atoms with Gasteiger partial charge in [0.25, 0.3) is 0 Å². The molecule has 0 aliphatic heterocycles. The molecule has 0 fully saturated rings. The highest BCUT2D eigenvalue weighted by molar-refractivity contribution is 5.90. The Hall–Kier alpha value is -3.34. The number of aryl methyl sites for hydroxylation is 1. The fraction of sp³-hybridized carbons (Fsp3) is 0.182. The molecule has 1 heterocycles. The molecule has 0 aliphatic carbocycles. The van der Waals surface area contributed by atoms with E-state index in [0.29, 0.717) is 12.2 Å². The molecule has 1 amide bonds. The third kappa shape index (κ3) is 5.57. The molecule has 3 aromatic rings. The lowest BCUT2D eigenvalue weighted by Crippen LogP contribution is -2.13. The van der Waals surface area contributed by atoms with E-state index in [4.69, 9.17) is 0 Å². The van der Waals surface area contributed by atoms with Crippen molar-refractivity contribution in [2.45, 2.75) is 12.8 Å². The van der Waals surface area contributed by atoms with E-state index in [1.807, 2.05) is 62.6 Å². The Morgan fingerprint density at radius 1 is 0.926 bits per heavy atom. The summed E-state index contributed by atoms with van der Waals surface area (Å²) < 4.78 is 0. The van der Waals surface area contributed by atoms with Crippen molar-refractivity contribution in [3.05, 3.63) is 78.5 Å². The van der Waals surface area contributed by atoms with Gasteiger partial charge >= 0.3 is 0 Å². The molecule has 0 aliphatic rings. The quantitative estimate of drug-likeness (QED) is 0.653. The van der Waals surface area contributed by atoms with Crippen molar-refractivity contribution in [2.24, 2.45) is 0 Å². The predicted octanol–water partition coefficient (Wildman–Crippen LogP) is 4.46. The SMILES string of the molecule is CN(C)c1ccc(Nc2ccc(NC(=O)CCc3ccccc3)nc2)cc1. The molecule has 27 heavy (non-hydrogen) atoms. The van der Waals surface area contributed by atoms with Gasteiger partial charge in [0.05, 0.1) is 11.9 Å². The second-order valence-electron chi connectivity index (χ2n) is 6.53. The van der Waals surface area contributed by atoms with Gasteiger partial charge in [0.2, 0.25) is 5.91 Å². The molecule has 0 bridgehead atoms. The average Bonchev–Trinajstić information content (AvgIpc) is 2.69. The van der Waals surface area contributed by atoms with Crippen LogP contribution >= 0.6 is 0 Å². The van der Waals surface area contributed by atoms with Crippen LogP contribution in [0.15, 0.2) is 72.9 Å². The summed E-state index contributed by atoms with van der Waals surface area (Å²) in [5.74, 6) is 0.521. The van der Waals surface area contributed by atoms with Gasteiger partial charge in [0.15, 0.2) is 0 Å². The van der Waals surface area contributed by atoms with Gasteiger partial charge in [-0.2, -0.15) is 0 Å². The standard InChI is InChI=1S/C22H24N4O/c1-26(2)20-12-9-18(10-13-20)24-19-11-14-21(23-16-19)25-22(27)15-8-17-6-4-3-5-7-17/h3-7,9-14,16,24H,8,15H2,1-2H3,(H,23,25,27). The second kappa shape index (κ2) is 8.85. The van der Waals surface area contributed by atoms with Crippen LogP contribution in [0.2, 0.25) is 0 Å². The first-order valence-corrected chi connectivity index (χ1v) is 8.94. The molecule has 0 saturated heterocycles. The summed E-state index contributed by atoms with van der Waals surface area (Å²) in [5, 5.41) is 6.14. The lowest BCUT2D eigenvalue weighted by Gasteiger charge is -2.13. The van der Waals surface area contributed by atoms with Gasteiger partial charge in [0, 0.05) is 31.9 Å². The maximum Gasteiger partial charge on any atom is 0.225 e. The highest BCUT2D eigenvalue weighted by Crippen LogP contribution is 2.20. The minimum absolute atomic E-state index is 0.0358.